The van der Waals surface area contributed by atoms with E-state index < -0.39 is 0 Å². The smallest absolute Gasteiger partial charge is 0.138 e. The predicted molar refractivity (Wildman–Crippen MR) is 87.8 cm³/mol. The Kier molecular flexibility index (Phi) is 3.44. The topological polar surface area (TPSA) is 55.0 Å². The van der Waals surface area contributed by atoms with E-state index in [1.807, 2.05) is 13.0 Å². The van der Waals surface area contributed by atoms with E-state index in [9.17, 15) is 0 Å². The number of hydrogen-bond donors (Lipinski definition) is 1. The minimum absolute atomic E-state index is 0.496. The first-order valence-electron chi connectivity index (χ1n) is 7.05. The summed E-state index contributed by atoms with van der Waals surface area (Å²) in [7, 11) is 0. The third kappa shape index (κ3) is 2.52. The summed E-state index contributed by atoms with van der Waals surface area (Å²) in [5.74, 6) is 2.01. The van der Waals surface area contributed by atoms with Gasteiger partial charge in [0.05, 0.1) is 5.69 Å². The van der Waals surface area contributed by atoms with Gasteiger partial charge >= 0.3 is 0 Å². The van der Waals surface area contributed by atoms with Crippen molar-refractivity contribution < 1.29 is 0 Å². The molecule has 1 aromatic heterocycles. The Morgan fingerprint density at radius 3 is 2.57 bits per heavy atom. The summed E-state index contributed by atoms with van der Waals surface area (Å²) in [5.41, 5.74) is 7.00. The highest BCUT2D eigenvalue weighted by atomic mass is 15.2. The maximum absolute atomic E-state index is 5.86. The van der Waals surface area contributed by atoms with Crippen molar-refractivity contribution >= 4 is 28.1 Å². The zero-order chi connectivity index (χ0) is 14.8. The molecule has 0 bridgehead atoms. The van der Waals surface area contributed by atoms with Crippen molar-refractivity contribution in [3.05, 3.63) is 54.4 Å². The van der Waals surface area contributed by atoms with Crippen molar-refractivity contribution in [2.45, 2.75) is 13.8 Å². The molecule has 0 unspecified atom stereocenters. The SMILES string of the molecule is CCN(c1cc(N)nc(C)n1)c1cccc2ccccc12. The lowest BCUT2D eigenvalue weighted by Gasteiger charge is -2.24. The summed E-state index contributed by atoms with van der Waals surface area (Å²) in [5, 5.41) is 2.42. The number of aryl methyl sites for hydroxylation is 1. The zero-order valence-corrected chi connectivity index (χ0v) is 12.2. The molecular formula is C17H18N4. The number of fused-ring (bicyclic) bond motifs is 1. The van der Waals surface area contributed by atoms with Crippen LogP contribution in [0.25, 0.3) is 10.8 Å². The number of benzene rings is 2. The lowest BCUT2D eigenvalue weighted by atomic mass is 10.1. The van der Waals surface area contributed by atoms with E-state index in [-0.39, 0.29) is 0 Å². The van der Waals surface area contributed by atoms with Crippen LogP contribution in [0.2, 0.25) is 0 Å². The number of nitrogens with two attached hydrogens (primary N) is 1. The molecule has 1 heterocycles. The summed E-state index contributed by atoms with van der Waals surface area (Å²) >= 11 is 0. The number of hydrogen-bond acceptors (Lipinski definition) is 4. The molecule has 2 aromatic carbocycles. The predicted octanol–water partition coefficient (Wildman–Crippen LogP) is 3.68. The molecule has 21 heavy (non-hydrogen) atoms. The van der Waals surface area contributed by atoms with Crippen molar-refractivity contribution in [1.29, 1.82) is 0 Å². The zero-order valence-electron chi connectivity index (χ0n) is 12.2. The summed E-state index contributed by atoms with van der Waals surface area (Å²) in [6.07, 6.45) is 0. The van der Waals surface area contributed by atoms with Gasteiger partial charge in [0.15, 0.2) is 0 Å². The van der Waals surface area contributed by atoms with Crippen LogP contribution in [-0.4, -0.2) is 16.5 Å². The first kappa shape index (κ1) is 13.4. The second-order valence-corrected chi connectivity index (χ2v) is 4.94. The first-order valence-corrected chi connectivity index (χ1v) is 7.05. The molecule has 0 saturated heterocycles. The van der Waals surface area contributed by atoms with Gasteiger partial charge in [-0.05, 0) is 25.3 Å². The standard InChI is InChI=1S/C17H18N4/c1-3-21(17-11-16(18)19-12(2)20-17)15-10-6-8-13-7-4-5-9-14(13)15/h4-11H,3H2,1-2H3,(H2,18,19,20). The molecule has 3 aromatic rings. The van der Waals surface area contributed by atoms with Crippen LogP contribution in [0.3, 0.4) is 0 Å². The van der Waals surface area contributed by atoms with Crippen molar-refractivity contribution in [2.24, 2.45) is 0 Å². The van der Waals surface area contributed by atoms with Gasteiger partial charge in [-0.15, -0.1) is 0 Å². The summed E-state index contributed by atoms with van der Waals surface area (Å²) < 4.78 is 0. The van der Waals surface area contributed by atoms with Gasteiger partial charge in [0.25, 0.3) is 0 Å². The number of nitrogen functional groups attached to an aromatic ring is 1. The molecule has 106 valence electrons. The first-order chi connectivity index (χ1) is 10.2. The molecule has 0 radical (unpaired) electrons. The van der Waals surface area contributed by atoms with Crippen LogP contribution in [0.15, 0.2) is 48.5 Å². The quantitative estimate of drug-likeness (QED) is 0.794. The molecule has 4 nitrogen and oxygen atoms in total. The van der Waals surface area contributed by atoms with Crippen LogP contribution in [0.5, 0.6) is 0 Å². The van der Waals surface area contributed by atoms with Gasteiger partial charge in [0.1, 0.15) is 17.5 Å². The maximum atomic E-state index is 5.86. The van der Waals surface area contributed by atoms with Crippen LogP contribution in [0.4, 0.5) is 17.3 Å². The average molecular weight is 278 g/mol. The molecule has 2 N–H and O–H groups in total. The Bertz CT molecular complexity index is 757. The summed E-state index contributed by atoms with van der Waals surface area (Å²) in [6.45, 7) is 4.77. The van der Waals surface area contributed by atoms with Gasteiger partial charge in [0, 0.05) is 18.0 Å². The van der Waals surface area contributed by atoms with Crippen molar-refractivity contribution in [3.63, 3.8) is 0 Å². The van der Waals surface area contributed by atoms with E-state index in [2.05, 4.69) is 64.3 Å². The van der Waals surface area contributed by atoms with Gasteiger partial charge in [-0.2, -0.15) is 0 Å². The van der Waals surface area contributed by atoms with Crippen molar-refractivity contribution in [1.82, 2.24) is 9.97 Å². The van der Waals surface area contributed by atoms with Crippen LogP contribution >= 0.6 is 0 Å². The molecule has 0 aliphatic rings. The summed E-state index contributed by atoms with van der Waals surface area (Å²) in [6, 6.07) is 16.5. The van der Waals surface area contributed by atoms with Crippen molar-refractivity contribution in [2.75, 3.05) is 17.2 Å². The van der Waals surface area contributed by atoms with E-state index in [0.29, 0.717) is 11.6 Å². The van der Waals surface area contributed by atoms with Crippen LogP contribution in [-0.2, 0) is 0 Å². The Labute approximate surface area is 124 Å². The average Bonchev–Trinajstić information content (AvgIpc) is 2.47. The van der Waals surface area contributed by atoms with Crippen LogP contribution in [0, 0.1) is 6.92 Å². The maximum Gasteiger partial charge on any atom is 0.138 e. The second kappa shape index (κ2) is 5.40. The van der Waals surface area contributed by atoms with Gasteiger partial charge in [-0.3, -0.25) is 0 Å². The molecule has 0 spiro atoms. The fourth-order valence-electron chi connectivity index (χ4n) is 2.61. The summed E-state index contributed by atoms with van der Waals surface area (Å²) in [4.78, 5) is 10.8. The number of anilines is 3. The molecule has 0 atom stereocenters. The minimum atomic E-state index is 0.496. The third-order valence-corrected chi connectivity index (χ3v) is 3.49. The van der Waals surface area contributed by atoms with Crippen LogP contribution in [0.1, 0.15) is 12.7 Å². The van der Waals surface area contributed by atoms with Crippen LogP contribution < -0.4 is 10.6 Å². The van der Waals surface area contributed by atoms with E-state index in [4.69, 9.17) is 5.73 Å². The molecule has 0 saturated carbocycles. The molecule has 0 amide bonds. The largest absolute Gasteiger partial charge is 0.384 e. The molecule has 0 fully saturated rings. The molecule has 0 aliphatic carbocycles. The van der Waals surface area contributed by atoms with Gasteiger partial charge in [-0.1, -0.05) is 36.4 Å². The molecule has 3 rings (SSSR count). The normalized spacial score (nSPS) is 10.8. The highest BCUT2D eigenvalue weighted by Crippen LogP contribution is 2.31. The number of nitrogens with zero attached hydrogens (tertiary/aromatic N) is 3. The third-order valence-electron chi connectivity index (χ3n) is 3.49. The van der Waals surface area contributed by atoms with E-state index in [0.717, 1.165) is 18.1 Å². The van der Waals surface area contributed by atoms with E-state index in [1.165, 1.54) is 10.8 Å². The lowest BCUT2D eigenvalue weighted by Crippen LogP contribution is -2.18. The Morgan fingerprint density at radius 1 is 1.05 bits per heavy atom. The van der Waals surface area contributed by atoms with Gasteiger partial charge < -0.3 is 10.6 Å². The van der Waals surface area contributed by atoms with Crippen molar-refractivity contribution in [3.8, 4) is 0 Å². The second-order valence-electron chi connectivity index (χ2n) is 4.94. The highest BCUT2D eigenvalue weighted by molar-refractivity contribution is 5.95. The Morgan fingerprint density at radius 2 is 1.81 bits per heavy atom. The number of aromatic nitrogens is 2. The van der Waals surface area contributed by atoms with E-state index >= 15 is 0 Å². The molecular weight excluding hydrogens is 260 g/mol. The van der Waals surface area contributed by atoms with Gasteiger partial charge in [-0.25, -0.2) is 9.97 Å². The molecule has 0 aliphatic heterocycles. The fraction of sp³-hybridized carbons (Fsp3) is 0.176. The Balaban J connectivity index is 2.18. The monoisotopic (exact) mass is 278 g/mol. The Hall–Kier alpha value is -2.62. The minimum Gasteiger partial charge on any atom is -0.384 e. The van der Waals surface area contributed by atoms with E-state index in [1.54, 1.807) is 0 Å². The fourth-order valence-corrected chi connectivity index (χ4v) is 2.61. The highest BCUT2D eigenvalue weighted by Gasteiger charge is 2.13. The molecule has 4 heteroatoms. The lowest BCUT2D eigenvalue weighted by molar-refractivity contribution is 0.958. The van der Waals surface area contributed by atoms with Gasteiger partial charge in [0.2, 0.25) is 0 Å². The number of rotatable bonds is 3.